The molecule has 0 bridgehead atoms. The van der Waals surface area contributed by atoms with Crippen LogP contribution in [-0.2, 0) is 19.5 Å². The predicted octanol–water partition coefficient (Wildman–Crippen LogP) is 3.34. The Morgan fingerprint density at radius 2 is 1.84 bits per heavy atom. The number of benzene rings is 2. The van der Waals surface area contributed by atoms with Gasteiger partial charge in [-0.1, -0.05) is 42.5 Å². The third kappa shape index (κ3) is 5.69. The van der Waals surface area contributed by atoms with Gasteiger partial charge in [-0.2, -0.15) is 0 Å². The molecule has 0 saturated carbocycles. The third-order valence-corrected chi connectivity index (χ3v) is 6.37. The number of aliphatic hydroxyl groups is 1. The van der Waals surface area contributed by atoms with Gasteiger partial charge in [0.1, 0.15) is 0 Å². The van der Waals surface area contributed by atoms with Crippen LogP contribution in [0.5, 0.6) is 0 Å². The van der Waals surface area contributed by atoms with E-state index in [0.717, 1.165) is 57.9 Å². The summed E-state index contributed by atoms with van der Waals surface area (Å²) >= 11 is 0. The molecule has 2 aromatic carbocycles. The molecule has 4 N–H and O–H groups in total. The van der Waals surface area contributed by atoms with Crippen molar-refractivity contribution in [2.45, 2.75) is 45.4 Å². The van der Waals surface area contributed by atoms with Gasteiger partial charge >= 0.3 is 0 Å². The summed E-state index contributed by atoms with van der Waals surface area (Å²) in [4.78, 5) is 10.2. The summed E-state index contributed by atoms with van der Waals surface area (Å²) in [6.45, 7) is 6.61. The predicted molar refractivity (Wildman–Crippen MR) is 132 cm³/mol. The minimum Gasteiger partial charge on any atom is -0.393 e. The van der Waals surface area contributed by atoms with Crippen molar-refractivity contribution < 1.29 is 5.11 Å². The minimum atomic E-state index is -0.116. The van der Waals surface area contributed by atoms with Crippen molar-refractivity contribution in [2.24, 2.45) is 4.99 Å². The van der Waals surface area contributed by atoms with Crippen LogP contribution in [0.4, 0.5) is 0 Å². The summed E-state index contributed by atoms with van der Waals surface area (Å²) in [6, 6.07) is 15.2. The third-order valence-electron chi connectivity index (χ3n) is 6.37. The van der Waals surface area contributed by atoms with Crippen LogP contribution in [0, 0.1) is 6.92 Å². The molecule has 1 fully saturated rings. The molecule has 0 unspecified atom stereocenters. The Hall–Kier alpha value is -2.83. The van der Waals surface area contributed by atoms with E-state index in [1.165, 1.54) is 33.2 Å². The van der Waals surface area contributed by atoms with Crippen LogP contribution in [-0.4, -0.2) is 53.7 Å². The van der Waals surface area contributed by atoms with E-state index in [1.54, 1.807) is 0 Å². The van der Waals surface area contributed by atoms with E-state index in [9.17, 15) is 5.11 Å². The van der Waals surface area contributed by atoms with Crippen LogP contribution in [0.25, 0.3) is 10.9 Å². The van der Waals surface area contributed by atoms with Crippen LogP contribution in [0.1, 0.15) is 35.1 Å². The summed E-state index contributed by atoms with van der Waals surface area (Å²) in [5, 5.41) is 17.8. The second kappa shape index (κ2) is 10.7. The molecule has 4 rings (SSSR count). The first-order chi connectivity index (χ1) is 15.6. The summed E-state index contributed by atoms with van der Waals surface area (Å²) in [5.41, 5.74) is 6.39. The monoisotopic (exact) mass is 433 g/mol. The highest BCUT2D eigenvalue weighted by Gasteiger charge is 2.16. The summed E-state index contributed by atoms with van der Waals surface area (Å²) in [6.07, 6.45) is 4.70. The SMILES string of the molecule is CN=C(NCCc1c[nH]c2c(C)cccc12)NCc1ccc(CN2CCC(O)CC2)cc1. The fourth-order valence-electron chi connectivity index (χ4n) is 4.39. The Morgan fingerprint density at radius 3 is 2.59 bits per heavy atom. The molecule has 3 aromatic rings. The number of para-hydroxylation sites is 1. The van der Waals surface area contributed by atoms with Crippen molar-refractivity contribution in [3.05, 3.63) is 70.9 Å². The number of aromatic nitrogens is 1. The molecule has 0 spiro atoms. The van der Waals surface area contributed by atoms with E-state index in [0.29, 0.717) is 0 Å². The first-order valence-corrected chi connectivity index (χ1v) is 11.6. The van der Waals surface area contributed by atoms with Crippen molar-refractivity contribution in [3.63, 3.8) is 0 Å². The van der Waals surface area contributed by atoms with E-state index in [-0.39, 0.29) is 6.10 Å². The van der Waals surface area contributed by atoms with E-state index >= 15 is 0 Å². The largest absolute Gasteiger partial charge is 0.393 e. The van der Waals surface area contributed by atoms with Gasteiger partial charge in [-0.05, 0) is 48.4 Å². The fourth-order valence-corrected chi connectivity index (χ4v) is 4.39. The molecule has 1 aromatic heterocycles. The van der Waals surface area contributed by atoms with Gasteiger partial charge in [-0.3, -0.25) is 9.89 Å². The molecule has 6 heteroatoms. The second-order valence-electron chi connectivity index (χ2n) is 8.74. The molecule has 0 amide bonds. The summed E-state index contributed by atoms with van der Waals surface area (Å²) in [7, 11) is 1.81. The molecule has 0 atom stereocenters. The molecule has 6 nitrogen and oxygen atoms in total. The lowest BCUT2D eigenvalue weighted by Crippen LogP contribution is -2.37. The number of likely N-dealkylation sites (tertiary alicyclic amines) is 1. The van der Waals surface area contributed by atoms with Crippen molar-refractivity contribution in [1.82, 2.24) is 20.5 Å². The van der Waals surface area contributed by atoms with Crippen LogP contribution < -0.4 is 10.6 Å². The number of guanidine groups is 1. The number of nitrogens with zero attached hydrogens (tertiary/aromatic N) is 2. The maximum atomic E-state index is 9.66. The number of aryl methyl sites for hydroxylation is 1. The maximum absolute atomic E-state index is 9.66. The quantitative estimate of drug-likeness (QED) is 0.341. The Kier molecular flexibility index (Phi) is 7.45. The molecule has 1 aliphatic heterocycles. The lowest BCUT2D eigenvalue weighted by molar-refractivity contribution is 0.0792. The molecule has 0 radical (unpaired) electrons. The number of piperidine rings is 1. The van der Waals surface area contributed by atoms with Crippen molar-refractivity contribution >= 4 is 16.9 Å². The molecule has 1 aliphatic rings. The smallest absolute Gasteiger partial charge is 0.191 e. The number of aliphatic hydroxyl groups excluding tert-OH is 1. The number of nitrogens with one attached hydrogen (secondary N) is 3. The molecule has 170 valence electrons. The highest BCUT2D eigenvalue weighted by molar-refractivity contribution is 5.86. The van der Waals surface area contributed by atoms with Gasteiger partial charge in [-0.25, -0.2) is 0 Å². The number of rotatable bonds is 7. The lowest BCUT2D eigenvalue weighted by atomic mass is 10.1. The number of H-pyrrole nitrogens is 1. The van der Waals surface area contributed by atoms with Crippen LogP contribution in [0.3, 0.4) is 0 Å². The van der Waals surface area contributed by atoms with Crippen molar-refractivity contribution in [2.75, 3.05) is 26.7 Å². The van der Waals surface area contributed by atoms with Gasteiger partial charge in [0.05, 0.1) is 6.10 Å². The average Bonchev–Trinajstić information content (AvgIpc) is 3.23. The lowest BCUT2D eigenvalue weighted by Gasteiger charge is -2.29. The number of aromatic amines is 1. The standard InChI is InChI=1S/C26H35N5O/c1-19-4-3-5-24-22(17-29-25(19)24)10-13-28-26(27-2)30-16-20-6-8-21(9-7-20)18-31-14-11-23(32)12-15-31/h3-9,17,23,29,32H,10-16,18H2,1-2H3,(H2,27,28,30). The topological polar surface area (TPSA) is 75.7 Å². The highest BCUT2D eigenvalue weighted by Crippen LogP contribution is 2.21. The van der Waals surface area contributed by atoms with Gasteiger partial charge in [0.2, 0.25) is 0 Å². The van der Waals surface area contributed by atoms with Gasteiger partial charge in [0.15, 0.2) is 5.96 Å². The van der Waals surface area contributed by atoms with E-state index in [1.807, 2.05) is 7.05 Å². The molecule has 32 heavy (non-hydrogen) atoms. The van der Waals surface area contributed by atoms with E-state index < -0.39 is 0 Å². The molecule has 2 heterocycles. The number of hydrogen-bond donors (Lipinski definition) is 4. The van der Waals surface area contributed by atoms with E-state index in [4.69, 9.17) is 0 Å². The van der Waals surface area contributed by atoms with Crippen LogP contribution in [0.15, 0.2) is 53.7 Å². The van der Waals surface area contributed by atoms with Crippen molar-refractivity contribution in [1.29, 1.82) is 0 Å². The summed E-state index contributed by atoms with van der Waals surface area (Å²) in [5.74, 6) is 0.817. The Morgan fingerprint density at radius 1 is 1.09 bits per heavy atom. The Labute approximate surface area is 190 Å². The van der Waals surface area contributed by atoms with Crippen LogP contribution >= 0.6 is 0 Å². The molecular formula is C26H35N5O. The normalized spacial score (nSPS) is 15.9. The van der Waals surface area contributed by atoms with Gasteiger partial charge in [-0.15, -0.1) is 0 Å². The zero-order valence-corrected chi connectivity index (χ0v) is 19.2. The second-order valence-corrected chi connectivity index (χ2v) is 8.74. The van der Waals surface area contributed by atoms with Crippen molar-refractivity contribution in [3.8, 4) is 0 Å². The fraction of sp³-hybridized carbons (Fsp3) is 0.423. The molecule has 0 aliphatic carbocycles. The maximum Gasteiger partial charge on any atom is 0.191 e. The molecular weight excluding hydrogens is 398 g/mol. The molecule has 1 saturated heterocycles. The van der Waals surface area contributed by atoms with Crippen LogP contribution in [0.2, 0.25) is 0 Å². The zero-order valence-electron chi connectivity index (χ0n) is 19.2. The van der Waals surface area contributed by atoms with Gasteiger partial charge < -0.3 is 20.7 Å². The summed E-state index contributed by atoms with van der Waals surface area (Å²) < 4.78 is 0. The Bertz CT molecular complexity index is 1030. The number of fused-ring (bicyclic) bond motifs is 1. The zero-order chi connectivity index (χ0) is 22.3. The first kappa shape index (κ1) is 22.4. The first-order valence-electron chi connectivity index (χ1n) is 11.6. The minimum absolute atomic E-state index is 0.116. The highest BCUT2D eigenvalue weighted by atomic mass is 16.3. The average molecular weight is 434 g/mol. The van der Waals surface area contributed by atoms with Gasteiger partial charge in [0, 0.05) is 56.9 Å². The Balaban J connectivity index is 1.22. The number of aliphatic imine (C=N–C) groups is 1. The number of hydrogen-bond acceptors (Lipinski definition) is 3. The van der Waals surface area contributed by atoms with Gasteiger partial charge in [0.25, 0.3) is 0 Å². The van der Waals surface area contributed by atoms with E-state index in [2.05, 4.69) is 81.1 Å².